The Hall–Kier alpha value is -1.12. The highest BCUT2D eigenvalue weighted by Crippen LogP contribution is 2.14. The lowest BCUT2D eigenvalue weighted by atomic mass is 10.0. The van der Waals surface area contributed by atoms with Gasteiger partial charge in [-0.3, -0.25) is 9.69 Å². The molecule has 1 rings (SSSR count). The van der Waals surface area contributed by atoms with Crippen LogP contribution in [-0.2, 0) is 4.79 Å². The first-order valence-electron chi connectivity index (χ1n) is 7.68. The molecule has 2 atom stereocenters. The molecule has 1 amide bonds. The van der Waals surface area contributed by atoms with Gasteiger partial charge in [0.1, 0.15) is 0 Å². The fourth-order valence-corrected chi connectivity index (χ4v) is 2.58. The lowest BCUT2D eigenvalue weighted by Gasteiger charge is -2.35. The molecular formula is C15H28N4O. The number of carbonyl (C=O) groups is 1. The topological polar surface area (TPSA) is 73.4 Å². The number of nitrogens with two attached hydrogens (primary N) is 1. The number of hydrogen-bond donors (Lipinski definition) is 1. The Morgan fingerprint density at radius 1 is 1.25 bits per heavy atom. The van der Waals surface area contributed by atoms with Gasteiger partial charge in [-0.05, 0) is 19.8 Å². The summed E-state index contributed by atoms with van der Waals surface area (Å²) in [6, 6.07) is 2.39. The highest BCUT2D eigenvalue weighted by molar-refractivity contribution is 5.78. The molecule has 20 heavy (non-hydrogen) atoms. The number of hydrogen-bond acceptors (Lipinski definition) is 4. The molecule has 0 aromatic rings. The lowest BCUT2D eigenvalue weighted by Crippen LogP contribution is -2.50. The molecule has 0 spiro atoms. The Balaban J connectivity index is 2.26. The summed E-state index contributed by atoms with van der Waals surface area (Å²) in [5.41, 5.74) is 5.73. The third kappa shape index (κ3) is 5.89. The van der Waals surface area contributed by atoms with Gasteiger partial charge < -0.3 is 10.6 Å². The van der Waals surface area contributed by atoms with Crippen LogP contribution in [0.3, 0.4) is 0 Å². The Bertz CT molecular complexity index is 329. The summed E-state index contributed by atoms with van der Waals surface area (Å²) in [4.78, 5) is 16.5. The molecule has 0 aliphatic carbocycles. The molecular weight excluding hydrogens is 252 g/mol. The highest BCUT2D eigenvalue weighted by atomic mass is 16.2. The molecule has 1 aliphatic rings. The molecule has 1 aliphatic heterocycles. The predicted molar refractivity (Wildman–Crippen MR) is 79.9 cm³/mol. The Morgan fingerprint density at radius 2 is 1.90 bits per heavy atom. The summed E-state index contributed by atoms with van der Waals surface area (Å²) >= 11 is 0. The normalized spacial score (nSPS) is 19.4. The van der Waals surface area contributed by atoms with Crippen LogP contribution in [-0.4, -0.2) is 54.5 Å². The van der Waals surface area contributed by atoms with Crippen LogP contribution in [0.2, 0.25) is 0 Å². The number of rotatable bonds is 7. The zero-order chi connectivity index (χ0) is 15.0. The first-order chi connectivity index (χ1) is 9.54. The van der Waals surface area contributed by atoms with Crippen molar-refractivity contribution in [1.29, 1.82) is 5.26 Å². The number of amides is 1. The van der Waals surface area contributed by atoms with Gasteiger partial charge in [0, 0.05) is 51.1 Å². The van der Waals surface area contributed by atoms with Crippen molar-refractivity contribution in [2.75, 3.05) is 32.7 Å². The van der Waals surface area contributed by atoms with Crippen LogP contribution in [0.15, 0.2) is 0 Å². The van der Waals surface area contributed by atoms with Crippen molar-refractivity contribution in [2.24, 2.45) is 11.7 Å². The maximum absolute atomic E-state index is 12.3. The van der Waals surface area contributed by atoms with E-state index in [1.54, 1.807) is 0 Å². The summed E-state index contributed by atoms with van der Waals surface area (Å²) in [6.45, 7) is 8.21. The second-order valence-corrected chi connectivity index (χ2v) is 5.88. The van der Waals surface area contributed by atoms with Crippen molar-refractivity contribution in [1.82, 2.24) is 9.80 Å². The maximum atomic E-state index is 12.3. The molecule has 0 radical (unpaired) electrons. The van der Waals surface area contributed by atoms with Crippen molar-refractivity contribution in [3.05, 3.63) is 0 Å². The van der Waals surface area contributed by atoms with Crippen LogP contribution in [0.4, 0.5) is 0 Å². The first-order valence-corrected chi connectivity index (χ1v) is 7.68. The van der Waals surface area contributed by atoms with E-state index in [1.807, 2.05) is 18.7 Å². The first kappa shape index (κ1) is 16.9. The predicted octanol–water partition coefficient (Wildman–Crippen LogP) is 1.20. The van der Waals surface area contributed by atoms with E-state index in [4.69, 9.17) is 11.0 Å². The quantitative estimate of drug-likeness (QED) is 0.760. The van der Waals surface area contributed by atoms with Crippen LogP contribution in [0.5, 0.6) is 0 Å². The smallest absolute Gasteiger partial charge is 0.225 e. The average molecular weight is 280 g/mol. The molecule has 2 N–H and O–H groups in total. The minimum atomic E-state index is 0.0967. The van der Waals surface area contributed by atoms with Gasteiger partial charge in [0.15, 0.2) is 0 Å². The number of nitriles is 1. The van der Waals surface area contributed by atoms with Crippen LogP contribution >= 0.6 is 0 Å². The average Bonchev–Trinajstić information content (AvgIpc) is 2.44. The summed E-state index contributed by atoms with van der Waals surface area (Å²) in [7, 11) is 0. The van der Waals surface area contributed by atoms with Gasteiger partial charge in [-0.25, -0.2) is 0 Å². The Kier molecular flexibility index (Phi) is 7.56. The monoisotopic (exact) mass is 280 g/mol. The molecule has 0 aromatic heterocycles. The molecule has 1 fully saturated rings. The standard InChI is InChI=1S/C15H28N4O/c1-13(5-3-6-14(2)17)15(20)19-11-9-18(10-12-19)8-4-7-16/h13-14H,3-6,8-12,17H2,1-2H3. The van der Waals surface area contributed by atoms with E-state index in [0.29, 0.717) is 6.42 Å². The Labute approximate surface area is 122 Å². The van der Waals surface area contributed by atoms with Crippen molar-refractivity contribution < 1.29 is 4.79 Å². The van der Waals surface area contributed by atoms with E-state index in [-0.39, 0.29) is 17.9 Å². The van der Waals surface area contributed by atoms with Gasteiger partial charge in [0.05, 0.1) is 6.07 Å². The van der Waals surface area contributed by atoms with Crippen molar-refractivity contribution in [3.8, 4) is 6.07 Å². The molecule has 0 aromatic carbocycles. The molecule has 5 nitrogen and oxygen atoms in total. The highest BCUT2D eigenvalue weighted by Gasteiger charge is 2.24. The van der Waals surface area contributed by atoms with E-state index in [1.165, 1.54) is 0 Å². The van der Waals surface area contributed by atoms with Gasteiger partial charge in [0.2, 0.25) is 5.91 Å². The van der Waals surface area contributed by atoms with Crippen LogP contribution < -0.4 is 5.73 Å². The van der Waals surface area contributed by atoms with Gasteiger partial charge in [-0.1, -0.05) is 13.3 Å². The number of nitrogens with zero attached hydrogens (tertiary/aromatic N) is 3. The number of carbonyl (C=O) groups excluding carboxylic acids is 1. The zero-order valence-corrected chi connectivity index (χ0v) is 12.8. The van der Waals surface area contributed by atoms with Gasteiger partial charge in [0.25, 0.3) is 0 Å². The summed E-state index contributed by atoms with van der Waals surface area (Å²) in [5, 5.41) is 8.58. The molecule has 1 heterocycles. The molecule has 114 valence electrons. The zero-order valence-electron chi connectivity index (χ0n) is 12.8. The van der Waals surface area contributed by atoms with Crippen LogP contribution in [0.1, 0.15) is 39.5 Å². The third-order valence-electron chi connectivity index (χ3n) is 3.94. The SMILES string of the molecule is CC(N)CCCC(C)C(=O)N1CCN(CCC#N)CC1. The molecule has 1 saturated heterocycles. The Morgan fingerprint density at radius 3 is 2.45 bits per heavy atom. The largest absolute Gasteiger partial charge is 0.340 e. The van der Waals surface area contributed by atoms with E-state index < -0.39 is 0 Å². The lowest BCUT2D eigenvalue weighted by molar-refractivity contribution is -0.137. The fraction of sp³-hybridized carbons (Fsp3) is 0.867. The van der Waals surface area contributed by atoms with Crippen LogP contribution in [0, 0.1) is 17.2 Å². The van der Waals surface area contributed by atoms with Crippen molar-refractivity contribution in [3.63, 3.8) is 0 Å². The van der Waals surface area contributed by atoms with E-state index in [2.05, 4.69) is 11.0 Å². The molecule has 5 heteroatoms. The molecule has 0 bridgehead atoms. The second kappa shape index (κ2) is 8.93. The fourth-order valence-electron chi connectivity index (χ4n) is 2.58. The van der Waals surface area contributed by atoms with E-state index in [0.717, 1.165) is 52.0 Å². The van der Waals surface area contributed by atoms with E-state index >= 15 is 0 Å². The van der Waals surface area contributed by atoms with Gasteiger partial charge in [-0.2, -0.15) is 5.26 Å². The van der Waals surface area contributed by atoms with E-state index in [9.17, 15) is 4.79 Å². The number of piperazine rings is 1. The minimum Gasteiger partial charge on any atom is -0.340 e. The minimum absolute atomic E-state index is 0.0967. The third-order valence-corrected chi connectivity index (χ3v) is 3.94. The van der Waals surface area contributed by atoms with Gasteiger partial charge >= 0.3 is 0 Å². The maximum Gasteiger partial charge on any atom is 0.225 e. The van der Waals surface area contributed by atoms with Crippen molar-refractivity contribution >= 4 is 5.91 Å². The van der Waals surface area contributed by atoms with Crippen LogP contribution in [0.25, 0.3) is 0 Å². The van der Waals surface area contributed by atoms with Gasteiger partial charge in [-0.15, -0.1) is 0 Å². The van der Waals surface area contributed by atoms with Crippen molar-refractivity contribution in [2.45, 2.75) is 45.6 Å². The summed E-state index contributed by atoms with van der Waals surface area (Å²) in [5.74, 6) is 0.369. The second-order valence-electron chi connectivity index (χ2n) is 5.88. The molecule has 2 unspecified atom stereocenters. The molecule has 0 saturated carbocycles. The summed E-state index contributed by atoms with van der Waals surface area (Å²) in [6.07, 6.45) is 3.50. The summed E-state index contributed by atoms with van der Waals surface area (Å²) < 4.78 is 0.